The monoisotopic (exact) mass is 767 g/mol. The molecular weight excluding hydrogens is 680 g/mol. The molecule has 54 heavy (non-hydrogen) atoms. The summed E-state index contributed by atoms with van der Waals surface area (Å²) >= 11 is 0. The molecule has 1 unspecified atom stereocenters. The predicted molar refractivity (Wildman–Crippen MR) is 221 cm³/mol. The zero-order chi connectivity index (χ0) is 40.0. The van der Waals surface area contributed by atoms with Gasteiger partial charge < -0.3 is 18.9 Å². The van der Waals surface area contributed by atoms with E-state index < -0.39 is 35.2 Å². The van der Waals surface area contributed by atoms with Crippen molar-refractivity contribution in [3.8, 4) is 0 Å². The van der Waals surface area contributed by atoms with E-state index in [1.807, 2.05) is 6.92 Å². The molecule has 0 aliphatic heterocycles. The molecule has 8 nitrogen and oxygen atoms in total. The summed E-state index contributed by atoms with van der Waals surface area (Å²) in [4.78, 5) is 57.2. The van der Waals surface area contributed by atoms with Crippen LogP contribution in [-0.2, 0) is 38.1 Å². The first-order valence-corrected chi connectivity index (χ1v) is 23.1. The first kappa shape index (κ1) is 51.9. The summed E-state index contributed by atoms with van der Waals surface area (Å²) in [5.41, 5.74) is -2.57. The minimum atomic E-state index is -2.57. The smallest absolute Gasteiger partial charge is 0.336 e. The third-order valence-electron chi connectivity index (χ3n) is 10.6. The van der Waals surface area contributed by atoms with Crippen LogP contribution in [0, 0.1) is 11.3 Å². The molecule has 318 valence electrons. The Labute approximate surface area is 332 Å². The molecule has 0 amide bonds. The van der Waals surface area contributed by atoms with E-state index in [0.717, 1.165) is 77.0 Å². The van der Waals surface area contributed by atoms with Crippen molar-refractivity contribution in [2.45, 2.75) is 234 Å². The molecule has 0 rings (SSSR count). The number of unbranched alkanes of at least 4 members (excludes halogenated alkanes) is 25. The molecule has 0 aliphatic rings. The summed E-state index contributed by atoms with van der Waals surface area (Å²) in [6.45, 7) is 11.0. The maximum atomic E-state index is 14.4. The topological polar surface area (TPSA) is 105 Å². The van der Waals surface area contributed by atoms with Gasteiger partial charge in [-0.05, 0) is 32.1 Å². The van der Waals surface area contributed by atoms with Crippen molar-refractivity contribution in [1.29, 1.82) is 0 Å². The molecule has 0 saturated carbocycles. The summed E-state index contributed by atoms with van der Waals surface area (Å²) < 4.78 is 23.2. The van der Waals surface area contributed by atoms with E-state index in [1.54, 1.807) is 0 Å². The van der Waals surface area contributed by atoms with Crippen LogP contribution in [0.2, 0.25) is 0 Å². The third-order valence-corrected chi connectivity index (χ3v) is 10.6. The fourth-order valence-corrected chi connectivity index (χ4v) is 6.94. The van der Waals surface area contributed by atoms with Crippen LogP contribution in [0.3, 0.4) is 0 Å². The lowest BCUT2D eigenvalue weighted by molar-refractivity contribution is -0.195. The van der Waals surface area contributed by atoms with Gasteiger partial charge in [-0.15, -0.1) is 0 Å². The molecule has 0 aromatic heterocycles. The Kier molecular flexibility index (Phi) is 36.3. The van der Waals surface area contributed by atoms with E-state index in [9.17, 15) is 19.2 Å². The Morgan fingerprint density at radius 2 is 0.574 bits per heavy atom. The number of esters is 4. The van der Waals surface area contributed by atoms with Gasteiger partial charge in [0, 0.05) is 0 Å². The van der Waals surface area contributed by atoms with Crippen molar-refractivity contribution >= 4 is 23.9 Å². The molecular formula is C46H86O8. The van der Waals surface area contributed by atoms with Crippen molar-refractivity contribution in [3.63, 3.8) is 0 Å². The Bertz CT molecular complexity index is 824. The lowest BCUT2D eigenvalue weighted by atomic mass is 9.72. The zero-order valence-electron chi connectivity index (χ0n) is 36.1. The molecule has 0 N–H and O–H groups in total. The van der Waals surface area contributed by atoms with Crippen LogP contribution < -0.4 is 0 Å². The highest BCUT2D eigenvalue weighted by Crippen LogP contribution is 2.38. The highest BCUT2D eigenvalue weighted by atomic mass is 16.6. The summed E-state index contributed by atoms with van der Waals surface area (Å²) in [6, 6.07) is 0. The zero-order valence-corrected chi connectivity index (χ0v) is 36.1. The Hall–Kier alpha value is -2.12. The maximum Gasteiger partial charge on any atom is 0.336 e. The van der Waals surface area contributed by atoms with Gasteiger partial charge in [0.1, 0.15) is 0 Å². The highest BCUT2D eigenvalue weighted by Gasteiger charge is 2.65. The molecule has 0 fully saturated rings. The van der Waals surface area contributed by atoms with Gasteiger partial charge in [-0.3, -0.25) is 19.2 Å². The predicted octanol–water partition coefficient (Wildman–Crippen LogP) is 13.0. The van der Waals surface area contributed by atoms with Gasteiger partial charge >= 0.3 is 23.9 Å². The summed E-state index contributed by atoms with van der Waals surface area (Å²) in [7, 11) is 0. The van der Waals surface area contributed by atoms with E-state index in [0.29, 0.717) is 38.5 Å². The number of carbonyl (C=O) groups excluding carboxylic acids is 4. The second-order valence-electron chi connectivity index (χ2n) is 15.6. The van der Waals surface area contributed by atoms with Crippen molar-refractivity contribution in [1.82, 2.24) is 0 Å². The van der Waals surface area contributed by atoms with E-state index in [2.05, 4.69) is 27.7 Å². The maximum absolute atomic E-state index is 14.4. The Balaban J connectivity index is 6.22. The normalized spacial score (nSPS) is 12.0. The van der Waals surface area contributed by atoms with Gasteiger partial charge in [0.25, 0.3) is 5.41 Å². The van der Waals surface area contributed by atoms with Crippen LogP contribution in [0.25, 0.3) is 0 Å². The average Bonchev–Trinajstić information content (AvgIpc) is 3.17. The van der Waals surface area contributed by atoms with Crippen LogP contribution in [-0.4, -0.2) is 50.3 Å². The second-order valence-corrected chi connectivity index (χ2v) is 15.6. The van der Waals surface area contributed by atoms with E-state index >= 15 is 0 Å². The molecule has 0 aromatic rings. The number of hydrogen-bond acceptors (Lipinski definition) is 8. The van der Waals surface area contributed by atoms with Gasteiger partial charge in [-0.25, -0.2) is 0 Å². The van der Waals surface area contributed by atoms with Crippen LogP contribution in [0.15, 0.2) is 0 Å². The largest absolute Gasteiger partial charge is 0.465 e. The third kappa shape index (κ3) is 24.4. The average molecular weight is 767 g/mol. The molecule has 8 heteroatoms. The van der Waals surface area contributed by atoms with Crippen LogP contribution in [0.4, 0.5) is 0 Å². The number of hydrogen-bond donors (Lipinski definition) is 0. The second kappa shape index (κ2) is 37.8. The molecule has 0 saturated heterocycles. The number of carbonyl (C=O) groups is 4. The van der Waals surface area contributed by atoms with E-state index in [-0.39, 0.29) is 32.8 Å². The molecule has 0 aromatic carbocycles. The first-order valence-electron chi connectivity index (χ1n) is 23.1. The van der Waals surface area contributed by atoms with E-state index in [4.69, 9.17) is 18.9 Å². The standard InChI is InChI=1S/C46H86O8/c1-6-11-16-20-24-28-32-37-51-42(47)41(36-15-10-5)46(43(48)52-38-33-29-25-21-17-12-7-2,44(49)53-39-34-30-26-22-18-13-8-3)45(50)54-40-35-31-27-23-19-14-9-4/h41H,6-40H2,1-5H3. The van der Waals surface area contributed by atoms with Crippen LogP contribution >= 0.6 is 0 Å². The lowest BCUT2D eigenvalue weighted by Crippen LogP contribution is -2.57. The molecule has 0 radical (unpaired) electrons. The van der Waals surface area contributed by atoms with Crippen molar-refractivity contribution in [3.05, 3.63) is 0 Å². The lowest BCUT2D eigenvalue weighted by Gasteiger charge is -2.33. The van der Waals surface area contributed by atoms with Gasteiger partial charge in [-0.1, -0.05) is 202 Å². The van der Waals surface area contributed by atoms with Gasteiger partial charge in [0.05, 0.1) is 32.3 Å². The SMILES string of the molecule is CCCCCCCCCOC(=O)C(CCCC)C(C(=O)OCCCCCCCCC)(C(=O)OCCCCCCCCC)C(=O)OCCCCCCCCC. The summed E-state index contributed by atoms with van der Waals surface area (Å²) in [6.07, 6.45) is 30.2. The quantitative estimate of drug-likeness (QED) is 0.0263. The molecule has 0 aliphatic carbocycles. The van der Waals surface area contributed by atoms with Crippen LogP contribution in [0.5, 0.6) is 0 Å². The van der Waals surface area contributed by atoms with Crippen molar-refractivity contribution < 1.29 is 38.1 Å². The molecule has 0 bridgehead atoms. The minimum Gasteiger partial charge on any atom is -0.465 e. The minimum absolute atomic E-state index is 0.0536. The van der Waals surface area contributed by atoms with Gasteiger partial charge in [0.15, 0.2) is 0 Å². The first-order chi connectivity index (χ1) is 26.4. The molecule has 1 atom stereocenters. The van der Waals surface area contributed by atoms with Gasteiger partial charge in [0.2, 0.25) is 0 Å². The Morgan fingerprint density at radius 3 is 0.852 bits per heavy atom. The number of ether oxygens (including phenoxy) is 4. The molecule has 0 heterocycles. The number of rotatable bonds is 40. The van der Waals surface area contributed by atoms with Crippen molar-refractivity contribution in [2.24, 2.45) is 11.3 Å². The fourth-order valence-electron chi connectivity index (χ4n) is 6.94. The Morgan fingerprint density at radius 1 is 0.333 bits per heavy atom. The summed E-state index contributed by atoms with van der Waals surface area (Å²) in [5, 5.41) is 0. The van der Waals surface area contributed by atoms with Crippen molar-refractivity contribution in [2.75, 3.05) is 26.4 Å². The fraction of sp³-hybridized carbons (Fsp3) is 0.913. The highest BCUT2D eigenvalue weighted by molar-refractivity contribution is 6.20. The van der Waals surface area contributed by atoms with Gasteiger partial charge in [-0.2, -0.15) is 0 Å². The van der Waals surface area contributed by atoms with Crippen LogP contribution in [0.1, 0.15) is 234 Å². The van der Waals surface area contributed by atoms with E-state index in [1.165, 1.54) is 77.0 Å². The summed E-state index contributed by atoms with van der Waals surface area (Å²) in [5.74, 6) is -5.26. The molecule has 0 spiro atoms.